The van der Waals surface area contributed by atoms with Crippen molar-refractivity contribution in [3.05, 3.63) is 34.3 Å². The summed E-state index contributed by atoms with van der Waals surface area (Å²) in [6, 6.07) is 4.83. The number of aromatic nitrogens is 1. The molecule has 0 atom stereocenters. The molecule has 2 aromatic rings. The van der Waals surface area contributed by atoms with Crippen molar-refractivity contribution < 1.29 is 4.79 Å². The van der Waals surface area contributed by atoms with Gasteiger partial charge < -0.3 is 11.5 Å². The number of anilines is 3. The number of nitrogens with two attached hydrogens (primary N) is 2. The summed E-state index contributed by atoms with van der Waals surface area (Å²) in [5.41, 5.74) is 13.9. The summed E-state index contributed by atoms with van der Waals surface area (Å²) in [5, 5.41) is 3.45. The molecule has 0 spiro atoms. The SMILES string of the molecule is Nc1cc(N)cc(C(=O)Nc2nc3c(s2)CCC3)c1. The highest BCUT2D eigenvalue weighted by molar-refractivity contribution is 7.15. The van der Waals surface area contributed by atoms with Gasteiger partial charge in [-0.25, -0.2) is 4.98 Å². The first kappa shape index (κ1) is 12.0. The van der Waals surface area contributed by atoms with Crippen molar-refractivity contribution in [1.82, 2.24) is 4.98 Å². The molecule has 0 saturated carbocycles. The van der Waals surface area contributed by atoms with Gasteiger partial charge in [-0.3, -0.25) is 10.1 Å². The highest BCUT2D eigenvalue weighted by Gasteiger charge is 2.18. The topological polar surface area (TPSA) is 94.0 Å². The Kier molecular flexibility index (Phi) is 2.87. The number of nitrogens with one attached hydrogen (secondary N) is 1. The average molecular weight is 274 g/mol. The van der Waals surface area contributed by atoms with E-state index in [2.05, 4.69) is 10.3 Å². The van der Waals surface area contributed by atoms with Crippen molar-refractivity contribution in [3.63, 3.8) is 0 Å². The van der Waals surface area contributed by atoms with Gasteiger partial charge in [-0.05, 0) is 37.5 Å². The van der Waals surface area contributed by atoms with Crippen LogP contribution < -0.4 is 16.8 Å². The minimum atomic E-state index is -0.230. The summed E-state index contributed by atoms with van der Waals surface area (Å²) < 4.78 is 0. The third-order valence-electron chi connectivity index (χ3n) is 3.06. The average Bonchev–Trinajstić information content (AvgIpc) is 2.88. The number of thiazole rings is 1. The lowest BCUT2D eigenvalue weighted by molar-refractivity contribution is 0.102. The van der Waals surface area contributed by atoms with Gasteiger partial charge in [0.25, 0.3) is 5.91 Å². The van der Waals surface area contributed by atoms with Crippen LogP contribution in [0.3, 0.4) is 0 Å². The summed E-state index contributed by atoms with van der Waals surface area (Å²) in [7, 11) is 0. The molecule has 6 heteroatoms. The first-order chi connectivity index (χ1) is 9.11. The highest BCUT2D eigenvalue weighted by atomic mass is 32.1. The number of carbonyl (C=O) groups is 1. The number of fused-ring (bicyclic) bond motifs is 1. The highest BCUT2D eigenvalue weighted by Crippen LogP contribution is 2.30. The monoisotopic (exact) mass is 274 g/mol. The Bertz CT molecular complexity index is 608. The molecule has 19 heavy (non-hydrogen) atoms. The molecule has 0 aliphatic heterocycles. The number of nitrogens with zero attached hydrogens (tertiary/aromatic N) is 1. The maximum Gasteiger partial charge on any atom is 0.257 e. The fourth-order valence-corrected chi connectivity index (χ4v) is 3.27. The summed E-state index contributed by atoms with van der Waals surface area (Å²) >= 11 is 1.55. The zero-order valence-corrected chi connectivity index (χ0v) is 11.1. The molecule has 1 aliphatic rings. The van der Waals surface area contributed by atoms with Crippen molar-refractivity contribution in [2.75, 3.05) is 16.8 Å². The van der Waals surface area contributed by atoms with E-state index < -0.39 is 0 Å². The first-order valence-corrected chi connectivity index (χ1v) is 6.89. The van der Waals surface area contributed by atoms with Gasteiger partial charge in [-0.1, -0.05) is 0 Å². The fourth-order valence-electron chi connectivity index (χ4n) is 2.22. The molecule has 1 aliphatic carbocycles. The number of hydrogen-bond acceptors (Lipinski definition) is 5. The predicted molar refractivity (Wildman–Crippen MR) is 77.4 cm³/mol. The van der Waals surface area contributed by atoms with E-state index in [4.69, 9.17) is 11.5 Å². The maximum absolute atomic E-state index is 12.1. The van der Waals surface area contributed by atoms with E-state index in [1.165, 1.54) is 4.88 Å². The first-order valence-electron chi connectivity index (χ1n) is 6.08. The Balaban J connectivity index is 1.80. The molecule has 0 saturated heterocycles. The minimum Gasteiger partial charge on any atom is -0.399 e. The summed E-state index contributed by atoms with van der Waals surface area (Å²) in [6.45, 7) is 0. The Labute approximate surface area is 114 Å². The van der Waals surface area contributed by atoms with Gasteiger partial charge in [0.15, 0.2) is 5.13 Å². The van der Waals surface area contributed by atoms with E-state index in [1.54, 1.807) is 29.5 Å². The third-order valence-corrected chi connectivity index (χ3v) is 4.13. The van der Waals surface area contributed by atoms with Crippen LogP contribution in [0.15, 0.2) is 18.2 Å². The van der Waals surface area contributed by atoms with E-state index in [0.29, 0.717) is 22.1 Å². The lowest BCUT2D eigenvalue weighted by atomic mass is 10.1. The van der Waals surface area contributed by atoms with Crippen molar-refractivity contribution in [2.45, 2.75) is 19.3 Å². The van der Waals surface area contributed by atoms with E-state index in [1.807, 2.05) is 0 Å². The van der Waals surface area contributed by atoms with Crippen LogP contribution in [0.1, 0.15) is 27.3 Å². The smallest absolute Gasteiger partial charge is 0.257 e. The quantitative estimate of drug-likeness (QED) is 0.730. The number of benzene rings is 1. The Hall–Kier alpha value is -2.08. The van der Waals surface area contributed by atoms with Gasteiger partial charge in [0.1, 0.15) is 0 Å². The standard InChI is InChI=1S/C13H14N4OS/c14-8-4-7(5-9(15)6-8)12(18)17-13-16-10-2-1-3-11(10)19-13/h4-6H,1-3,14-15H2,(H,16,17,18). The Morgan fingerprint density at radius 1 is 1.21 bits per heavy atom. The number of carbonyl (C=O) groups excluding carboxylic acids is 1. The molecule has 0 unspecified atom stereocenters. The van der Waals surface area contributed by atoms with Crippen LogP contribution in [-0.2, 0) is 12.8 Å². The molecule has 3 rings (SSSR count). The lowest BCUT2D eigenvalue weighted by Crippen LogP contribution is -2.12. The molecule has 0 fully saturated rings. The molecular weight excluding hydrogens is 260 g/mol. The van der Waals surface area contributed by atoms with Crippen LogP contribution >= 0.6 is 11.3 Å². The molecule has 1 aromatic carbocycles. The number of hydrogen-bond donors (Lipinski definition) is 3. The zero-order chi connectivity index (χ0) is 13.4. The van der Waals surface area contributed by atoms with E-state index >= 15 is 0 Å². The van der Waals surface area contributed by atoms with Crippen LogP contribution in [0.4, 0.5) is 16.5 Å². The van der Waals surface area contributed by atoms with Crippen molar-refractivity contribution in [2.24, 2.45) is 0 Å². The Morgan fingerprint density at radius 2 is 1.95 bits per heavy atom. The zero-order valence-electron chi connectivity index (χ0n) is 10.3. The normalized spacial score (nSPS) is 13.3. The summed E-state index contributed by atoms with van der Waals surface area (Å²) in [6.07, 6.45) is 3.23. The molecular formula is C13H14N4OS. The van der Waals surface area contributed by atoms with Gasteiger partial charge >= 0.3 is 0 Å². The molecule has 1 aromatic heterocycles. The minimum absolute atomic E-state index is 0.230. The van der Waals surface area contributed by atoms with Crippen molar-refractivity contribution in [1.29, 1.82) is 0 Å². The van der Waals surface area contributed by atoms with Gasteiger partial charge in [0.2, 0.25) is 0 Å². The van der Waals surface area contributed by atoms with E-state index in [0.717, 1.165) is 25.0 Å². The van der Waals surface area contributed by atoms with Crippen LogP contribution in [0, 0.1) is 0 Å². The van der Waals surface area contributed by atoms with Crippen molar-refractivity contribution >= 4 is 33.8 Å². The summed E-state index contributed by atoms with van der Waals surface area (Å²) in [5.74, 6) is -0.230. The number of nitrogen functional groups attached to an aromatic ring is 2. The molecule has 0 radical (unpaired) electrons. The molecule has 5 N–H and O–H groups in total. The van der Waals surface area contributed by atoms with Crippen LogP contribution in [0.25, 0.3) is 0 Å². The molecule has 1 amide bonds. The van der Waals surface area contributed by atoms with Gasteiger partial charge in [0.05, 0.1) is 5.69 Å². The second-order valence-electron chi connectivity index (χ2n) is 4.58. The lowest BCUT2D eigenvalue weighted by Gasteiger charge is -2.04. The van der Waals surface area contributed by atoms with Gasteiger partial charge in [-0.15, -0.1) is 11.3 Å². The summed E-state index contributed by atoms with van der Waals surface area (Å²) in [4.78, 5) is 17.8. The van der Waals surface area contributed by atoms with Gasteiger partial charge in [-0.2, -0.15) is 0 Å². The number of rotatable bonds is 2. The number of aryl methyl sites for hydroxylation is 2. The fraction of sp³-hybridized carbons (Fsp3) is 0.231. The maximum atomic E-state index is 12.1. The Morgan fingerprint density at radius 3 is 2.63 bits per heavy atom. The second-order valence-corrected chi connectivity index (χ2v) is 5.67. The largest absolute Gasteiger partial charge is 0.399 e. The molecule has 98 valence electrons. The van der Waals surface area contributed by atoms with Crippen molar-refractivity contribution in [3.8, 4) is 0 Å². The second kappa shape index (κ2) is 4.55. The van der Waals surface area contributed by atoms with Crippen LogP contribution in [-0.4, -0.2) is 10.9 Å². The van der Waals surface area contributed by atoms with Crippen LogP contribution in [0.2, 0.25) is 0 Å². The third kappa shape index (κ3) is 2.39. The molecule has 5 nitrogen and oxygen atoms in total. The number of amides is 1. The van der Waals surface area contributed by atoms with E-state index in [-0.39, 0.29) is 5.91 Å². The predicted octanol–water partition coefficient (Wildman–Crippen LogP) is 2.05. The van der Waals surface area contributed by atoms with Gasteiger partial charge in [0, 0.05) is 21.8 Å². The molecule has 0 bridgehead atoms. The molecule has 1 heterocycles. The van der Waals surface area contributed by atoms with Crippen LogP contribution in [0.5, 0.6) is 0 Å². The van der Waals surface area contributed by atoms with E-state index in [9.17, 15) is 4.79 Å².